The Labute approximate surface area is 124 Å². The van der Waals surface area contributed by atoms with Gasteiger partial charge in [0.2, 0.25) is 10.0 Å². The first-order valence-electron chi connectivity index (χ1n) is 6.75. The van der Waals surface area contributed by atoms with Crippen LogP contribution in [0.15, 0.2) is 27.8 Å². The molecule has 2 heterocycles. The number of hydrogen-bond donors (Lipinski definition) is 3. The van der Waals surface area contributed by atoms with E-state index in [0.717, 1.165) is 5.82 Å². The maximum Gasteiger partial charge on any atom is 0.244 e. The largest absolute Gasteiger partial charge is 0.464 e. The van der Waals surface area contributed by atoms with Crippen LogP contribution in [0.4, 0.5) is 0 Å². The number of imidazole rings is 1. The second-order valence-electron chi connectivity index (χ2n) is 4.70. The number of aromatic nitrogens is 2. The van der Waals surface area contributed by atoms with Crippen LogP contribution in [0.2, 0.25) is 0 Å². The standard InChI is InChI=1S/C13H20N4O3S/c1-10-12(8-11(20-10)9-14-2)21(18,19)17-5-3-4-13-15-6-7-16-13/h6-8,14,17H,3-5,9H2,1-2H3,(H,15,16). The summed E-state index contributed by atoms with van der Waals surface area (Å²) in [4.78, 5) is 7.27. The topological polar surface area (TPSA) is 100 Å². The number of sulfonamides is 1. The number of hydrogen-bond acceptors (Lipinski definition) is 5. The Bertz CT molecular complexity index is 662. The summed E-state index contributed by atoms with van der Waals surface area (Å²) in [6.07, 6.45) is 4.80. The lowest BCUT2D eigenvalue weighted by Crippen LogP contribution is -2.25. The molecule has 2 aromatic heterocycles. The fourth-order valence-corrected chi connectivity index (χ4v) is 3.30. The molecular formula is C13H20N4O3S. The molecule has 3 N–H and O–H groups in total. The highest BCUT2D eigenvalue weighted by Gasteiger charge is 2.20. The van der Waals surface area contributed by atoms with E-state index in [0.29, 0.717) is 37.5 Å². The Morgan fingerprint density at radius 2 is 2.24 bits per heavy atom. The Hall–Kier alpha value is -1.64. The van der Waals surface area contributed by atoms with Gasteiger partial charge >= 0.3 is 0 Å². The van der Waals surface area contributed by atoms with Crippen molar-refractivity contribution in [1.29, 1.82) is 0 Å². The van der Waals surface area contributed by atoms with E-state index in [2.05, 4.69) is 20.0 Å². The van der Waals surface area contributed by atoms with Gasteiger partial charge < -0.3 is 14.7 Å². The van der Waals surface area contributed by atoms with E-state index in [-0.39, 0.29) is 4.90 Å². The van der Waals surface area contributed by atoms with Crippen molar-refractivity contribution in [2.75, 3.05) is 13.6 Å². The SMILES string of the molecule is CNCc1cc(S(=O)(=O)NCCCc2ncc[nH]2)c(C)o1. The number of furan rings is 1. The molecule has 0 unspecified atom stereocenters. The molecule has 0 fully saturated rings. The van der Waals surface area contributed by atoms with Gasteiger partial charge in [0.15, 0.2) is 0 Å². The number of rotatable bonds is 8. The van der Waals surface area contributed by atoms with Gasteiger partial charge in [-0.25, -0.2) is 18.1 Å². The van der Waals surface area contributed by atoms with Crippen molar-refractivity contribution in [3.63, 3.8) is 0 Å². The van der Waals surface area contributed by atoms with E-state index in [4.69, 9.17) is 4.42 Å². The molecule has 0 spiro atoms. The average Bonchev–Trinajstić information content (AvgIpc) is 3.05. The molecule has 0 aliphatic rings. The highest BCUT2D eigenvalue weighted by molar-refractivity contribution is 7.89. The highest BCUT2D eigenvalue weighted by Crippen LogP contribution is 2.19. The van der Waals surface area contributed by atoms with Gasteiger partial charge in [-0.05, 0) is 20.4 Å². The summed E-state index contributed by atoms with van der Waals surface area (Å²) in [5.41, 5.74) is 0. The first kappa shape index (κ1) is 15.7. The summed E-state index contributed by atoms with van der Waals surface area (Å²) in [6, 6.07) is 1.56. The number of aryl methyl sites for hydroxylation is 2. The Morgan fingerprint density at radius 3 is 2.90 bits per heavy atom. The van der Waals surface area contributed by atoms with Crippen molar-refractivity contribution in [2.45, 2.75) is 31.2 Å². The normalized spacial score (nSPS) is 11.9. The smallest absolute Gasteiger partial charge is 0.244 e. The first-order chi connectivity index (χ1) is 10.0. The molecule has 7 nitrogen and oxygen atoms in total. The fourth-order valence-electron chi connectivity index (χ4n) is 2.03. The molecule has 0 aliphatic carbocycles. The monoisotopic (exact) mass is 312 g/mol. The third-order valence-corrected chi connectivity index (χ3v) is 4.57. The van der Waals surface area contributed by atoms with E-state index in [9.17, 15) is 8.42 Å². The van der Waals surface area contributed by atoms with E-state index < -0.39 is 10.0 Å². The molecular weight excluding hydrogens is 292 g/mol. The molecule has 0 radical (unpaired) electrons. The molecule has 116 valence electrons. The second kappa shape index (κ2) is 6.88. The van der Waals surface area contributed by atoms with Crippen molar-refractivity contribution in [3.8, 4) is 0 Å². The minimum Gasteiger partial charge on any atom is -0.464 e. The second-order valence-corrected chi connectivity index (χ2v) is 6.44. The quantitative estimate of drug-likeness (QED) is 0.630. The van der Waals surface area contributed by atoms with Gasteiger partial charge in [-0.1, -0.05) is 0 Å². The fraction of sp³-hybridized carbons (Fsp3) is 0.462. The van der Waals surface area contributed by atoms with Crippen molar-refractivity contribution < 1.29 is 12.8 Å². The lowest BCUT2D eigenvalue weighted by atomic mass is 10.3. The van der Waals surface area contributed by atoms with Crippen molar-refractivity contribution in [2.24, 2.45) is 0 Å². The van der Waals surface area contributed by atoms with E-state index in [1.54, 1.807) is 32.4 Å². The summed E-state index contributed by atoms with van der Waals surface area (Å²) in [6.45, 7) is 2.50. The van der Waals surface area contributed by atoms with Gasteiger partial charge in [-0.2, -0.15) is 0 Å². The summed E-state index contributed by atoms with van der Waals surface area (Å²) in [7, 11) is -1.75. The predicted molar refractivity (Wildman–Crippen MR) is 78.3 cm³/mol. The number of nitrogens with one attached hydrogen (secondary N) is 3. The Morgan fingerprint density at radius 1 is 1.43 bits per heavy atom. The van der Waals surface area contributed by atoms with Gasteiger partial charge in [0.05, 0.1) is 6.54 Å². The lowest BCUT2D eigenvalue weighted by Gasteiger charge is -2.04. The van der Waals surface area contributed by atoms with E-state index in [1.165, 1.54) is 0 Å². The Kier molecular flexibility index (Phi) is 5.16. The summed E-state index contributed by atoms with van der Waals surface area (Å²) in [5.74, 6) is 1.86. The van der Waals surface area contributed by atoms with Gasteiger partial charge in [-0.3, -0.25) is 0 Å². The van der Waals surface area contributed by atoms with Gasteiger partial charge in [0.25, 0.3) is 0 Å². The van der Waals surface area contributed by atoms with E-state index >= 15 is 0 Å². The van der Waals surface area contributed by atoms with Crippen LogP contribution >= 0.6 is 0 Å². The van der Waals surface area contributed by atoms with Crippen LogP contribution in [0.3, 0.4) is 0 Å². The summed E-state index contributed by atoms with van der Waals surface area (Å²) in [5, 5.41) is 2.92. The van der Waals surface area contributed by atoms with Crippen molar-refractivity contribution >= 4 is 10.0 Å². The van der Waals surface area contributed by atoms with E-state index in [1.807, 2.05) is 0 Å². The maximum atomic E-state index is 12.2. The lowest BCUT2D eigenvalue weighted by molar-refractivity contribution is 0.465. The van der Waals surface area contributed by atoms with Crippen LogP contribution in [0.25, 0.3) is 0 Å². The predicted octanol–water partition coefficient (Wildman–Crippen LogP) is 0.942. The molecule has 0 saturated carbocycles. The van der Waals surface area contributed by atoms with Gasteiger partial charge in [0, 0.05) is 31.4 Å². The molecule has 8 heteroatoms. The zero-order valence-corrected chi connectivity index (χ0v) is 13.0. The van der Waals surface area contributed by atoms with Crippen LogP contribution in [-0.4, -0.2) is 32.0 Å². The molecule has 0 aliphatic heterocycles. The summed E-state index contributed by atoms with van der Waals surface area (Å²) < 4.78 is 32.4. The first-order valence-corrected chi connectivity index (χ1v) is 8.23. The molecule has 2 rings (SSSR count). The minimum atomic E-state index is -3.53. The number of aromatic amines is 1. The molecule has 0 saturated heterocycles. The zero-order chi connectivity index (χ0) is 15.3. The molecule has 0 amide bonds. The van der Waals surface area contributed by atoms with Crippen molar-refractivity contribution in [3.05, 3.63) is 35.8 Å². The van der Waals surface area contributed by atoms with Crippen LogP contribution in [0.1, 0.15) is 23.8 Å². The Balaban J connectivity index is 1.91. The minimum absolute atomic E-state index is 0.200. The molecule has 0 atom stereocenters. The molecule has 2 aromatic rings. The number of H-pyrrole nitrogens is 1. The van der Waals surface area contributed by atoms with Crippen LogP contribution in [0.5, 0.6) is 0 Å². The molecule has 0 aromatic carbocycles. The average molecular weight is 312 g/mol. The number of nitrogens with zero attached hydrogens (tertiary/aromatic N) is 1. The summed E-state index contributed by atoms with van der Waals surface area (Å²) >= 11 is 0. The van der Waals surface area contributed by atoms with Gasteiger partial charge in [0.1, 0.15) is 22.2 Å². The third-order valence-electron chi connectivity index (χ3n) is 3.00. The molecule has 21 heavy (non-hydrogen) atoms. The maximum absolute atomic E-state index is 12.2. The third kappa shape index (κ3) is 4.16. The van der Waals surface area contributed by atoms with Crippen LogP contribution in [-0.2, 0) is 23.0 Å². The van der Waals surface area contributed by atoms with Gasteiger partial charge in [-0.15, -0.1) is 0 Å². The zero-order valence-electron chi connectivity index (χ0n) is 12.1. The van der Waals surface area contributed by atoms with Crippen LogP contribution in [0, 0.1) is 6.92 Å². The molecule has 0 bridgehead atoms. The van der Waals surface area contributed by atoms with Crippen LogP contribution < -0.4 is 10.0 Å². The highest BCUT2D eigenvalue weighted by atomic mass is 32.2. The van der Waals surface area contributed by atoms with Crippen molar-refractivity contribution in [1.82, 2.24) is 20.0 Å².